The lowest BCUT2D eigenvalue weighted by molar-refractivity contribution is -0.118. The molecule has 2 heteroatoms. The first-order valence-electron chi connectivity index (χ1n) is 7.84. The minimum atomic E-state index is 0.0972. The van der Waals surface area contributed by atoms with E-state index in [9.17, 15) is 9.90 Å². The van der Waals surface area contributed by atoms with Crippen molar-refractivity contribution in [1.82, 2.24) is 0 Å². The lowest BCUT2D eigenvalue weighted by Gasteiger charge is -2.59. The molecule has 0 aliphatic heterocycles. The van der Waals surface area contributed by atoms with Gasteiger partial charge in [-0.15, -0.1) is 0 Å². The molecular formula is C17H26O2. The molecule has 0 aromatic rings. The molecule has 0 saturated heterocycles. The summed E-state index contributed by atoms with van der Waals surface area (Å²) in [6.45, 7) is 5.02. The number of rotatable bonds is 1. The van der Waals surface area contributed by atoms with Crippen molar-refractivity contribution in [3.8, 4) is 0 Å². The third-order valence-corrected chi connectivity index (χ3v) is 6.45. The highest BCUT2D eigenvalue weighted by molar-refractivity contribution is 5.91. The van der Waals surface area contributed by atoms with Crippen molar-refractivity contribution in [2.24, 2.45) is 22.7 Å². The fourth-order valence-corrected chi connectivity index (χ4v) is 5.46. The Morgan fingerprint density at radius 2 is 2.05 bits per heavy atom. The summed E-state index contributed by atoms with van der Waals surface area (Å²) in [6.07, 6.45) is 9.60. The van der Waals surface area contributed by atoms with Crippen LogP contribution in [0.5, 0.6) is 0 Å². The van der Waals surface area contributed by atoms with Crippen molar-refractivity contribution < 1.29 is 9.90 Å². The first-order chi connectivity index (χ1) is 8.99. The van der Waals surface area contributed by atoms with Crippen molar-refractivity contribution in [1.29, 1.82) is 0 Å². The predicted octanol–water partition coefficient (Wildman–Crippen LogP) is 3.49. The second-order valence-electron chi connectivity index (χ2n) is 7.54. The molecular weight excluding hydrogens is 236 g/mol. The number of hydrogen-bond acceptors (Lipinski definition) is 2. The van der Waals surface area contributed by atoms with Gasteiger partial charge in [-0.05, 0) is 60.8 Å². The summed E-state index contributed by atoms with van der Waals surface area (Å²) < 4.78 is 0. The van der Waals surface area contributed by atoms with Gasteiger partial charge in [0.25, 0.3) is 0 Å². The topological polar surface area (TPSA) is 37.3 Å². The van der Waals surface area contributed by atoms with Gasteiger partial charge in [0.05, 0.1) is 0 Å². The van der Waals surface area contributed by atoms with Crippen molar-refractivity contribution >= 4 is 5.78 Å². The van der Waals surface area contributed by atoms with Crippen molar-refractivity contribution in [2.75, 3.05) is 6.61 Å². The van der Waals surface area contributed by atoms with Crippen molar-refractivity contribution in [2.45, 2.75) is 58.8 Å². The average Bonchev–Trinajstić information content (AvgIpc) is 2.38. The first-order valence-corrected chi connectivity index (χ1v) is 7.84. The van der Waals surface area contributed by atoms with Gasteiger partial charge in [-0.2, -0.15) is 0 Å². The number of fused-ring (bicyclic) bond motifs is 3. The van der Waals surface area contributed by atoms with Crippen LogP contribution in [-0.2, 0) is 4.79 Å². The second kappa shape index (κ2) is 4.44. The molecule has 106 valence electrons. The van der Waals surface area contributed by atoms with Gasteiger partial charge in [0.1, 0.15) is 0 Å². The standard InChI is InChI=1S/C17H26O2/c1-16(11-18)8-3-9-17(2)14-6-5-13(19)10-12(14)4-7-15(16)17/h10,14-15,18H,3-9,11H2,1-2H3/t14-,15-,16+,17+/m1/s1. The van der Waals surface area contributed by atoms with Gasteiger partial charge in [-0.1, -0.05) is 25.8 Å². The first kappa shape index (κ1) is 13.4. The third kappa shape index (κ3) is 1.91. The lowest BCUT2D eigenvalue weighted by Crippen LogP contribution is -2.52. The maximum absolute atomic E-state index is 11.6. The molecule has 2 nitrogen and oxygen atoms in total. The normalized spacial score (nSPS) is 46.3. The lowest BCUT2D eigenvalue weighted by atomic mass is 9.46. The van der Waals surface area contributed by atoms with Crippen LogP contribution in [-0.4, -0.2) is 17.5 Å². The third-order valence-electron chi connectivity index (χ3n) is 6.45. The van der Waals surface area contributed by atoms with Crippen LogP contribution in [0.2, 0.25) is 0 Å². The van der Waals surface area contributed by atoms with E-state index in [-0.39, 0.29) is 5.41 Å². The molecule has 19 heavy (non-hydrogen) atoms. The summed E-state index contributed by atoms with van der Waals surface area (Å²) in [7, 11) is 0. The van der Waals surface area contributed by atoms with Gasteiger partial charge in [-0.3, -0.25) is 4.79 Å². The van der Waals surface area contributed by atoms with Crippen LogP contribution in [0.15, 0.2) is 11.6 Å². The Labute approximate surface area is 116 Å². The van der Waals surface area contributed by atoms with Crippen LogP contribution >= 0.6 is 0 Å². The number of aliphatic hydroxyl groups is 1. The van der Waals surface area contributed by atoms with Crippen LogP contribution in [0.1, 0.15) is 58.8 Å². The van der Waals surface area contributed by atoms with Gasteiger partial charge in [0.2, 0.25) is 0 Å². The summed E-state index contributed by atoms with van der Waals surface area (Å²) in [5.41, 5.74) is 1.82. The molecule has 2 fully saturated rings. The summed E-state index contributed by atoms with van der Waals surface area (Å²) in [5, 5.41) is 9.87. The molecule has 0 unspecified atom stereocenters. The molecule has 0 bridgehead atoms. The minimum absolute atomic E-state index is 0.0972. The molecule has 4 atom stereocenters. The van der Waals surface area contributed by atoms with E-state index in [0.717, 1.165) is 32.1 Å². The van der Waals surface area contributed by atoms with E-state index in [2.05, 4.69) is 13.8 Å². The van der Waals surface area contributed by atoms with Gasteiger partial charge in [0, 0.05) is 13.0 Å². The molecule has 3 aliphatic rings. The van der Waals surface area contributed by atoms with E-state index >= 15 is 0 Å². The van der Waals surface area contributed by atoms with Crippen molar-refractivity contribution in [3.63, 3.8) is 0 Å². The van der Waals surface area contributed by atoms with Crippen LogP contribution in [0.3, 0.4) is 0 Å². The number of carbonyl (C=O) groups is 1. The van der Waals surface area contributed by atoms with Crippen LogP contribution < -0.4 is 0 Å². The fraction of sp³-hybridized carbons (Fsp3) is 0.824. The van der Waals surface area contributed by atoms with E-state index in [1.807, 2.05) is 6.08 Å². The average molecular weight is 262 g/mol. The maximum Gasteiger partial charge on any atom is 0.155 e. The van der Waals surface area contributed by atoms with E-state index in [0.29, 0.717) is 29.6 Å². The summed E-state index contributed by atoms with van der Waals surface area (Å²) in [4.78, 5) is 11.6. The largest absolute Gasteiger partial charge is 0.396 e. The highest BCUT2D eigenvalue weighted by Crippen LogP contribution is 2.62. The molecule has 0 aromatic carbocycles. The Kier molecular flexibility index (Phi) is 3.12. The zero-order chi connectivity index (χ0) is 13.7. The smallest absolute Gasteiger partial charge is 0.155 e. The summed E-state index contributed by atoms with van der Waals surface area (Å²) >= 11 is 0. The molecule has 0 radical (unpaired) electrons. The van der Waals surface area contributed by atoms with Crippen LogP contribution in [0, 0.1) is 22.7 Å². The molecule has 1 N–H and O–H groups in total. The number of carbonyl (C=O) groups excluding carboxylic acids is 1. The van der Waals surface area contributed by atoms with E-state index in [1.54, 1.807) is 0 Å². The second-order valence-corrected chi connectivity index (χ2v) is 7.54. The van der Waals surface area contributed by atoms with Gasteiger partial charge in [-0.25, -0.2) is 0 Å². The molecule has 0 spiro atoms. The molecule has 0 amide bonds. The monoisotopic (exact) mass is 262 g/mol. The molecule has 0 heterocycles. The fourth-order valence-electron chi connectivity index (χ4n) is 5.46. The highest BCUT2D eigenvalue weighted by atomic mass is 16.3. The molecule has 3 rings (SSSR count). The zero-order valence-corrected chi connectivity index (χ0v) is 12.2. The van der Waals surface area contributed by atoms with Gasteiger partial charge < -0.3 is 5.11 Å². The van der Waals surface area contributed by atoms with Crippen molar-refractivity contribution in [3.05, 3.63) is 11.6 Å². The highest BCUT2D eigenvalue weighted by Gasteiger charge is 2.54. The molecule has 2 saturated carbocycles. The Morgan fingerprint density at radius 1 is 1.26 bits per heavy atom. The van der Waals surface area contributed by atoms with Crippen LogP contribution in [0.25, 0.3) is 0 Å². The molecule has 0 aromatic heterocycles. The van der Waals surface area contributed by atoms with E-state index in [1.165, 1.54) is 18.4 Å². The number of ketones is 1. The predicted molar refractivity (Wildman–Crippen MR) is 75.7 cm³/mol. The Morgan fingerprint density at radius 3 is 2.79 bits per heavy atom. The Hall–Kier alpha value is -0.630. The Balaban J connectivity index is 1.97. The number of hydrogen-bond donors (Lipinski definition) is 1. The Bertz CT molecular complexity index is 425. The molecule has 3 aliphatic carbocycles. The summed E-state index contributed by atoms with van der Waals surface area (Å²) in [5.74, 6) is 1.54. The summed E-state index contributed by atoms with van der Waals surface area (Å²) in [6, 6.07) is 0. The van der Waals surface area contributed by atoms with E-state index < -0.39 is 0 Å². The maximum atomic E-state index is 11.6. The number of allylic oxidation sites excluding steroid dienone is 2. The quantitative estimate of drug-likeness (QED) is 0.785. The SMILES string of the molecule is C[C@@]1(CO)CCC[C@@]2(C)[C@@H]3CCC(=O)C=C3CC[C@H]12. The van der Waals surface area contributed by atoms with E-state index in [4.69, 9.17) is 0 Å². The number of aliphatic hydroxyl groups excluding tert-OH is 1. The van der Waals surface area contributed by atoms with Crippen LogP contribution in [0.4, 0.5) is 0 Å². The zero-order valence-electron chi connectivity index (χ0n) is 12.2. The van der Waals surface area contributed by atoms with Gasteiger partial charge >= 0.3 is 0 Å². The minimum Gasteiger partial charge on any atom is -0.396 e. The van der Waals surface area contributed by atoms with Gasteiger partial charge in [0.15, 0.2) is 5.78 Å².